The van der Waals surface area contributed by atoms with Crippen LogP contribution in [0.2, 0.25) is 0 Å². The van der Waals surface area contributed by atoms with Gasteiger partial charge < -0.3 is 16.4 Å². The Morgan fingerprint density at radius 2 is 1.76 bits per heavy atom. The number of piperidine rings is 1. The van der Waals surface area contributed by atoms with Crippen molar-refractivity contribution < 1.29 is 9.59 Å². The summed E-state index contributed by atoms with van der Waals surface area (Å²) in [5.74, 6) is -0.474. The van der Waals surface area contributed by atoms with Crippen molar-refractivity contribution >= 4 is 11.8 Å². The number of likely N-dealkylation sites (tertiary alicyclic amines) is 1. The lowest BCUT2D eigenvalue weighted by Gasteiger charge is -2.38. The Balaban J connectivity index is 2.13. The Morgan fingerprint density at radius 3 is 2.35 bits per heavy atom. The molecule has 0 aromatic rings. The number of carbonyl (C=O) groups is 2. The molecule has 5 nitrogen and oxygen atoms in total. The summed E-state index contributed by atoms with van der Waals surface area (Å²) < 4.78 is 0. The molecule has 0 radical (unpaired) electrons. The predicted octanol–water partition coefficient (Wildman–Crippen LogP) is 0.124. The van der Waals surface area contributed by atoms with Gasteiger partial charge in [-0.3, -0.25) is 9.59 Å². The molecule has 1 saturated carbocycles. The molecule has 1 atom stereocenters. The van der Waals surface area contributed by atoms with E-state index in [1.807, 2.05) is 0 Å². The second kappa shape index (κ2) is 4.64. The van der Waals surface area contributed by atoms with E-state index >= 15 is 0 Å². The van der Waals surface area contributed by atoms with E-state index in [1.54, 1.807) is 4.90 Å². The number of hydrogen-bond donors (Lipinski definition) is 2. The van der Waals surface area contributed by atoms with Crippen LogP contribution in [0.1, 0.15) is 44.9 Å². The first-order chi connectivity index (χ1) is 8.04. The molecule has 96 valence electrons. The van der Waals surface area contributed by atoms with Crippen molar-refractivity contribution in [3.8, 4) is 0 Å². The highest BCUT2D eigenvalue weighted by molar-refractivity contribution is 5.91. The number of amides is 2. The molecule has 0 aromatic heterocycles. The molecule has 0 aromatic carbocycles. The van der Waals surface area contributed by atoms with Crippen molar-refractivity contribution in [2.24, 2.45) is 11.5 Å². The minimum atomic E-state index is -0.745. The van der Waals surface area contributed by atoms with Crippen LogP contribution in [0.5, 0.6) is 0 Å². The van der Waals surface area contributed by atoms with Gasteiger partial charge in [0.1, 0.15) is 6.04 Å². The monoisotopic (exact) mass is 239 g/mol. The lowest BCUT2D eigenvalue weighted by molar-refractivity contribution is -0.145. The summed E-state index contributed by atoms with van der Waals surface area (Å²) in [5, 5.41) is 0. The van der Waals surface area contributed by atoms with Gasteiger partial charge in [-0.15, -0.1) is 0 Å². The van der Waals surface area contributed by atoms with Crippen LogP contribution in [0.25, 0.3) is 0 Å². The van der Waals surface area contributed by atoms with Gasteiger partial charge in [-0.2, -0.15) is 0 Å². The molecule has 1 aliphatic carbocycles. The maximum Gasteiger partial charge on any atom is 0.243 e. The minimum absolute atomic E-state index is 0.0708. The molecule has 4 N–H and O–H groups in total. The Hall–Kier alpha value is -1.10. The van der Waals surface area contributed by atoms with Crippen molar-refractivity contribution in [3.63, 3.8) is 0 Å². The van der Waals surface area contributed by atoms with Crippen LogP contribution in [0.3, 0.4) is 0 Å². The molecule has 1 unspecified atom stereocenters. The summed E-state index contributed by atoms with van der Waals surface area (Å²) in [6.45, 7) is 0.616. The molecule has 2 amide bonds. The fraction of sp³-hybridized carbons (Fsp3) is 0.833. The third-order valence-corrected chi connectivity index (χ3v) is 4.01. The predicted molar refractivity (Wildman–Crippen MR) is 63.9 cm³/mol. The molecule has 1 aliphatic heterocycles. The topological polar surface area (TPSA) is 89.4 Å². The van der Waals surface area contributed by atoms with Gasteiger partial charge in [-0.25, -0.2) is 0 Å². The highest BCUT2D eigenvalue weighted by Gasteiger charge is 2.43. The molecule has 2 rings (SSSR count). The molecule has 2 aliphatic rings. The maximum atomic E-state index is 12.4. The van der Waals surface area contributed by atoms with Crippen molar-refractivity contribution in [2.75, 3.05) is 6.54 Å². The number of carbonyl (C=O) groups excluding carboxylic acids is 2. The van der Waals surface area contributed by atoms with Gasteiger partial charge in [0.2, 0.25) is 11.8 Å². The third kappa shape index (κ3) is 2.29. The summed E-state index contributed by atoms with van der Waals surface area (Å²) in [4.78, 5) is 25.4. The lowest BCUT2D eigenvalue weighted by Crippen LogP contribution is -2.60. The molecule has 5 heteroatoms. The molecule has 0 spiro atoms. The number of rotatable bonds is 2. The standard InChI is InChI=1S/C12H21N3O2/c13-10(16)9-5-1-4-8-15(9)11(17)12(14)6-2-3-7-12/h9H,1-8,14H2,(H2,13,16). The first kappa shape index (κ1) is 12.4. The Labute approximate surface area is 102 Å². The van der Waals surface area contributed by atoms with E-state index in [0.717, 1.165) is 38.5 Å². The largest absolute Gasteiger partial charge is 0.368 e. The van der Waals surface area contributed by atoms with E-state index in [2.05, 4.69) is 0 Å². The number of primary amides is 1. The third-order valence-electron chi connectivity index (χ3n) is 4.01. The van der Waals surface area contributed by atoms with E-state index in [0.29, 0.717) is 13.0 Å². The van der Waals surface area contributed by atoms with E-state index in [4.69, 9.17) is 11.5 Å². The smallest absolute Gasteiger partial charge is 0.243 e. The Bertz CT molecular complexity index is 324. The molecule has 1 saturated heterocycles. The van der Waals surface area contributed by atoms with Crippen molar-refractivity contribution in [2.45, 2.75) is 56.5 Å². The van der Waals surface area contributed by atoms with Crippen LogP contribution in [-0.4, -0.2) is 34.8 Å². The van der Waals surface area contributed by atoms with E-state index < -0.39 is 17.5 Å². The normalized spacial score (nSPS) is 28.1. The van der Waals surface area contributed by atoms with Gasteiger partial charge >= 0.3 is 0 Å². The summed E-state index contributed by atoms with van der Waals surface area (Å²) in [6.07, 6.45) is 6.02. The van der Waals surface area contributed by atoms with E-state index in [9.17, 15) is 9.59 Å². The van der Waals surface area contributed by atoms with Crippen molar-refractivity contribution in [3.05, 3.63) is 0 Å². The first-order valence-electron chi connectivity index (χ1n) is 6.44. The van der Waals surface area contributed by atoms with E-state index in [1.165, 1.54) is 0 Å². The zero-order chi connectivity index (χ0) is 12.5. The number of nitrogens with two attached hydrogens (primary N) is 2. The Kier molecular flexibility index (Phi) is 3.38. The molecular formula is C12H21N3O2. The van der Waals surface area contributed by atoms with Gasteiger partial charge in [-0.1, -0.05) is 12.8 Å². The van der Waals surface area contributed by atoms with Crippen LogP contribution >= 0.6 is 0 Å². The quantitative estimate of drug-likeness (QED) is 0.717. The molecular weight excluding hydrogens is 218 g/mol. The van der Waals surface area contributed by atoms with E-state index in [-0.39, 0.29) is 5.91 Å². The highest BCUT2D eigenvalue weighted by atomic mass is 16.2. The SMILES string of the molecule is NC(=O)C1CCCCN1C(=O)C1(N)CCCC1. The van der Waals surface area contributed by atoms with Gasteiger partial charge in [0.15, 0.2) is 0 Å². The fourth-order valence-corrected chi connectivity index (χ4v) is 2.98. The van der Waals surface area contributed by atoms with Crippen LogP contribution in [-0.2, 0) is 9.59 Å². The van der Waals surface area contributed by atoms with Gasteiger partial charge in [0.05, 0.1) is 5.54 Å². The van der Waals surface area contributed by atoms with Crippen LogP contribution in [0.15, 0.2) is 0 Å². The van der Waals surface area contributed by atoms with Crippen molar-refractivity contribution in [1.29, 1.82) is 0 Å². The second-order valence-corrected chi connectivity index (χ2v) is 5.28. The van der Waals surface area contributed by atoms with Crippen LogP contribution in [0, 0.1) is 0 Å². The molecule has 2 fully saturated rings. The average molecular weight is 239 g/mol. The molecule has 0 bridgehead atoms. The first-order valence-corrected chi connectivity index (χ1v) is 6.44. The summed E-state index contributed by atoms with van der Waals surface area (Å²) >= 11 is 0. The van der Waals surface area contributed by atoms with Gasteiger partial charge in [-0.05, 0) is 32.1 Å². The molecule has 1 heterocycles. The summed E-state index contributed by atoms with van der Waals surface area (Å²) in [5.41, 5.74) is 10.8. The summed E-state index contributed by atoms with van der Waals surface area (Å²) in [7, 11) is 0. The fourth-order valence-electron chi connectivity index (χ4n) is 2.98. The van der Waals surface area contributed by atoms with Gasteiger partial charge in [0.25, 0.3) is 0 Å². The average Bonchev–Trinajstić information content (AvgIpc) is 2.76. The number of hydrogen-bond acceptors (Lipinski definition) is 3. The van der Waals surface area contributed by atoms with Crippen LogP contribution in [0.4, 0.5) is 0 Å². The zero-order valence-electron chi connectivity index (χ0n) is 10.2. The van der Waals surface area contributed by atoms with Crippen LogP contribution < -0.4 is 11.5 Å². The number of nitrogens with zero attached hydrogens (tertiary/aromatic N) is 1. The minimum Gasteiger partial charge on any atom is -0.368 e. The Morgan fingerprint density at radius 1 is 1.12 bits per heavy atom. The maximum absolute atomic E-state index is 12.4. The second-order valence-electron chi connectivity index (χ2n) is 5.28. The van der Waals surface area contributed by atoms with Crippen molar-refractivity contribution in [1.82, 2.24) is 4.90 Å². The summed E-state index contributed by atoms with van der Waals surface area (Å²) in [6, 6.07) is -0.447. The zero-order valence-corrected chi connectivity index (χ0v) is 10.2. The highest BCUT2D eigenvalue weighted by Crippen LogP contribution is 2.31. The van der Waals surface area contributed by atoms with Gasteiger partial charge in [0, 0.05) is 6.54 Å². The molecule has 17 heavy (non-hydrogen) atoms. The lowest BCUT2D eigenvalue weighted by atomic mass is 9.93.